The van der Waals surface area contributed by atoms with E-state index in [0.717, 1.165) is 6.04 Å². The summed E-state index contributed by atoms with van der Waals surface area (Å²) in [4.78, 5) is 2.77. The van der Waals surface area contributed by atoms with Crippen molar-refractivity contribution in [3.05, 3.63) is 0 Å². The molecule has 0 aromatic rings. The number of nitrogens with one attached hydrogen (secondary N) is 1. The molecular formula is C16H34N2. The minimum absolute atomic E-state index is 0.681. The molecule has 18 heavy (non-hydrogen) atoms. The average Bonchev–Trinajstić information content (AvgIpc) is 2.59. The Balaban J connectivity index is 2.61. The van der Waals surface area contributed by atoms with Gasteiger partial charge < -0.3 is 5.32 Å². The molecule has 1 saturated carbocycles. The van der Waals surface area contributed by atoms with Crippen LogP contribution in [0.25, 0.3) is 0 Å². The fraction of sp³-hybridized carbons (Fsp3) is 1.00. The largest absolute Gasteiger partial charge is 0.315 e. The lowest BCUT2D eigenvalue weighted by Crippen LogP contribution is -2.51. The monoisotopic (exact) mass is 254 g/mol. The number of hydrogen-bond donors (Lipinski definition) is 1. The molecule has 108 valence electrons. The van der Waals surface area contributed by atoms with Crippen LogP contribution in [0, 0.1) is 0 Å². The summed E-state index contributed by atoms with van der Waals surface area (Å²) in [5.74, 6) is 0. The van der Waals surface area contributed by atoms with E-state index in [1.54, 1.807) is 0 Å². The van der Waals surface area contributed by atoms with Gasteiger partial charge in [0.2, 0.25) is 0 Å². The van der Waals surface area contributed by atoms with Gasteiger partial charge in [-0.3, -0.25) is 4.90 Å². The highest BCUT2D eigenvalue weighted by Gasteiger charge is 2.28. The normalized spacial score (nSPS) is 25.7. The van der Waals surface area contributed by atoms with Crippen molar-refractivity contribution < 1.29 is 0 Å². The van der Waals surface area contributed by atoms with Gasteiger partial charge in [0.05, 0.1) is 0 Å². The standard InChI is InChI=1S/C16H34N2/c1-5-6-10-13-18(14(2)3)16-12-9-7-8-11-15(16)17-4/h14-17H,5-13H2,1-4H3. The van der Waals surface area contributed by atoms with E-state index in [0.29, 0.717) is 12.1 Å². The maximum absolute atomic E-state index is 3.58. The van der Waals surface area contributed by atoms with Crippen molar-refractivity contribution in [2.45, 2.75) is 90.3 Å². The van der Waals surface area contributed by atoms with Crippen LogP contribution in [0.5, 0.6) is 0 Å². The zero-order chi connectivity index (χ0) is 13.4. The quantitative estimate of drug-likeness (QED) is 0.549. The fourth-order valence-corrected chi connectivity index (χ4v) is 3.37. The van der Waals surface area contributed by atoms with E-state index in [9.17, 15) is 0 Å². The number of hydrogen-bond acceptors (Lipinski definition) is 2. The molecule has 0 heterocycles. The number of rotatable bonds is 7. The highest BCUT2D eigenvalue weighted by atomic mass is 15.2. The third kappa shape index (κ3) is 4.89. The molecule has 2 atom stereocenters. The lowest BCUT2D eigenvalue weighted by molar-refractivity contribution is 0.113. The Morgan fingerprint density at radius 2 is 1.83 bits per heavy atom. The molecule has 0 aromatic heterocycles. The molecule has 0 radical (unpaired) electrons. The first kappa shape index (κ1) is 16.0. The molecule has 2 unspecified atom stereocenters. The average molecular weight is 254 g/mol. The van der Waals surface area contributed by atoms with Crippen molar-refractivity contribution in [1.82, 2.24) is 10.2 Å². The Kier molecular flexibility index (Phi) is 7.92. The summed E-state index contributed by atoms with van der Waals surface area (Å²) in [5, 5.41) is 3.58. The van der Waals surface area contributed by atoms with Gasteiger partial charge in [-0.15, -0.1) is 0 Å². The third-order valence-corrected chi connectivity index (χ3v) is 4.46. The van der Waals surface area contributed by atoms with Crippen LogP contribution in [0.15, 0.2) is 0 Å². The molecule has 1 fully saturated rings. The first-order chi connectivity index (χ1) is 8.70. The minimum Gasteiger partial charge on any atom is -0.315 e. The molecule has 2 nitrogen and oxygen atoms in total. The first-order valence-corrected chi connectivity index (χ1v) is 8.13. The molecular weight excluding hydrogens is 220 g/mol. The predicted molar refractivity (Wildman–Crippen MR) is 81.1 cm³/mol. The SMILES string of the molecule is CCCCCN(C(C)C)C1CCCCCC1NC. The van der Waals surface area contributed by atoms with Crippen molar-refractivity contribution in [1.29, 1.82) is 0 Å². The molecule has 0 aromatic carbocycles. The van der Waals surface area contributed by atoms with Gasteiger partial charge in [0.15, 0.2) is 0 Å². The summed E-state index contributed by atoms with van der Waals surface area (Å²) in [6, 6.07) is 2.15. The first-order valence-electron chi connectivity index (χ1n) is 8.13. The Bertz CT molecular complexity index is 203. The van der Waals surface area contributed by atoms with Crippen molar-refractivity contribution in [2.75, 3.05) is 13.6 Å². The van der Waals surface area contributed by atoms with Gasteiger partial charge >= 0.3 is 0 Å². The summed E-state index contributed by atoms with van der Waals surface area (Å²) < 4.78 is 0. The molecule has 0 spiro atoms. The van der Waals surface area contributed by atoms with Gasteiger partial charge in [0, 0.05) is 18.1 Å². The highest BCUT2D eigenvalue weighted by Crippen LogP contribution is 2.24. The Labute approximate surface area is 115 Å². The zero-order valence-electron chi connectivity index (χ0n) is 13.0. The van der Waals surface area contributed by atoms with Gasteiger partial charge in [-0.1, -0.05) is 39.0 Å². The van der Waals surface area contributed by atoms with E-state index in [2.05, 4.69) is 38.0 Å². The van der Waals surface area contributed by atoms with E-state index in [-0.39, 0.29) is 0 Å². The van der Waals surface area contributed by atoms with Crippen LogP contribution in [-0.4, -0.2) is 36.6 Å². The van der Waals surface area contributed by atoms with Crippen molar-refractivity contribution >= 4 is 0 Å². The van der Waals surface area contributed by atoms with E-state index in [4.69, 9.17) is 0 Å². The van der Waals surface area contributed by atoms with Gasteiger partial charge in [-0.05, 0) is 46.7 Å². The van der Waals surface area contributed by atoms with Gasteiger partial charge in [-0.2, -0.15) is 0 Å². The summed E-state index contributed by atoms with van der Waals surface area (Å²) in [5.41, 5.74) is 0. The van der Waals surface area contributed by atoms with Crippen LogP contribution >= 0.6 is 0 Å². The molecule has 1 N–H and O–H groups in total. The molecule has 1 rings (SSSR count). The number of nitrogens with zero attached hydrogens (tertiary/aromatic N) is 1. The van der Waals surface area contributed by atoms with Crippen LogP contribution in [-0.2, 0) is 0 Å². The van der Waals surface area contributed by atoms with Crippen LogP contribution in [0.3, 0.4) is 0 Å². The van der Waals surface area contributed by atoms with Crippen LogP contribution in [0.2, 0.25) is 0 Å². The summed E-state index contributed by atoms with van der Waals surface area (Å²) in [6.45, 7) is 8.31. The van der Waals surface area contributed by atoms with Gasteiger partial charge in [-0.25, -0.2) is 0 Å². The number of unbranched alkanes of at least 4 members (excludes halogenated alkanes) is 2. The summed E-state index contributed by atoms with van der Waals surface area (Å²) >= 11 is 0. The maximum Gasteiger partial charge on any atom is 0.0251 e. The van der Waals surface area contributed by atoms with Crippen molar-refractivity contribution in [2.24, 2.45) is 0 Å². The maximum atomic E-state index is 3.58. The molecule has 1 aliphatic rings. The minimum atomic E-state index is 0.681. The molecule has 0 aliphatic heterocycles. The van der Waals surface area contributed by atoms with Crippen LogP contribution < -0.4 is 5.32 Å². The summed E-state index contributed by atoms with van der Waals surface area (Å²) in [7, 11) is 2.15. The second kappa shape index (κ2) is 8.92. The molecule has 1 aliphatic carbocycles. The third-order valence-electron chi connectivity index (χ3n) is 4.46. The smallest absolute Gasteiger partial charge is 0.0251 e. The second-order valence-corrected chi connectivity index (χ2v) is 6.14. The van der Waals surface area contributed by atoms with Gasteiger partial charge in [0.25, 0.3) is 0 Å². The Hall–Kier alpha value is -0.0800. The van der Waals surface area contributed by atoms with E-state index in [1.165, 1.54) is 57.9 Å². The molecule has 0 amide bonds. The van der Waals surface area contributed by atoms with E-state index in [1.807, 2.05) is 0 Å². The number of likely N-dealkylation sites (N-methyl/N-ethyl adjacent to an activating group) is 1. The topological polar surface area (TPSA) is 15.3 Å². The lowest BCUT2D eigenvalue weighted by Gasteiger charge is -2.39. The van der Waals surface area contributed by atoms with E-state index < -0.39 is 0 Å². The Morgan fingerprint density at radius 1 is 1.11 bits per heavy atom. The van der Waals surface area contributed by atoms with Crippen molar-refractivity contribution in [3.8, 4) is 0 Å². The molecule has 0 saturated heterocycles. The fourth-order valence-electron chi connectivity index (χ4n) is 3.37. The second-order valence-electron chi connectivity index (χ2n) is 6.14. The molecule has 2 heteroatoms. The van der Waals surface area contributed by atoms with Crippen LogP contribution in [0.4, 0.5) is 0 Å². The molecule has 0 bridgehead atoms. The predicted octanol–water partition coefficient (Wildman–Crippen LogP) is 3.81. The van der Waals surface area contributed by atoms with Gasteiger partial charge in [0.1, 0.15) is 0 Å². The highest BCUT2D eigenvalue weighted by molar-refractivity contribution is 4.87. The van der Waals surface area contributed by atoms with Crippen LogP contribution in [0.1, 0.15) is 72.1 Å². The zero-order valence-corrected chi connectivity index (χ0v) is 13.0. The Morgan fingerprint density at radius 3 is 2.44 bits per heavy atom. The van der Waals surface area contributed by atoms with E-state index >= 15 is 0 Å². The lowest BCUT2D eigenvalue weighted by atomic mass is 9.99. The summed E-state index contributed by atoms with van der Waals surface area (Å²) in [6.07, 6.45) is 11.1. The van der Waals surface area contributed by atoms with Crippen molar-refractivity contribution in [3.63, 3.8) is 0 Å².